The van der Waals surface area contributed by atoms with Gasteiger partial charge in [-0.2, -0.15) is 5.26 Å². The van der Waals surface area contributed by atoms with Crippen molar-refractivity contribution in [3.05, 3.63) is 59.4 Å². The fourth-order valence-corrected chi connectivity index (χ4v) is 4.59. The molecule has 4 rings (SSSR count). The molecule has 3 heterocycles. The molecule has 0 saturated carbocycles. The molecule has 8 heteroatoms. The van der Waals surface area contributed by atoms with Crippen molar-refractivity contribution in [3.8, 4) is 17.3 Å². The molecule has 0 aliphatic heterocycles. The smallest absolute Gasteiger partial charge is 0.303 e. The van der Waals surface area contributed by atoms with Crippen LogP contribution in [0.4, 0.5) is 0 Å². The number of aliphatic carboxylic acids is 1. The van der Waals surface area contributed by atoms with E-state index in [1.165, 1.54) is 6.08 Å². The van der Waals surface area contributed by atoms with E-state index in [0.29, 0.717) is 12.8 Å². The average Bonchev–Trinajstić information content (AvgIpc) is 3.33. The first kappa shape index (κ1) is 20.7. The van der Waals surface area contributed by atoms with Crippen LogP contribution < -0.4 is 5.73 Å². The predicted octanol–water partition coefficient (Wildman–Crippen LogP) is 4.27. The number of carboxylic acid groups (broad SMARTS) is 1. The van der Waals surface area contributed by atoms with Gasteiger partial charge < -0.3 is 10.8 Å². The minimum atomic E-state index is -0.785. The molecule has 4 aromatic rings. The number of allylic oxidation sites excluding steroid dienone is 1. The molecule has 0 spiro atoms. The van der Waals surface area contributed by atoms with E-state index in [0.717, 1.165) is 43.3 Å². The Bertz CT molecular complexity index is 1340. The molecule has 0 fully saturated rings. The van der Waals surface area contributed by atoms with E-state index in [1.807, 2.05) is 48.0 Å². The zero-order chi connectivity index (χ0) is 22.0. The lowest BCUT2D eigenvalue weighted by atomic mass is 10.0. The molecule has 1 atom stereocenters. The first-order valence-electron chi connectivity index (χ1n) is 9.90. The number of benzene rings is 1. The molecule has 0 radical (unpaired) electrons. The molecule has 0 aliphatic rings. The summed E-state index contributed by atoms with van der Waals surface area (Å²) in [4.78, 5) is 19.9. The van der Waals surface area contributed by atoms with Crippen molar-refractivity contribution in [2.75, 3.05) is 0 Å². The lowest BCUT2D eigenvalue weighted by Crippen LogP contribution is -2.17. The molecule has 0 saturated heterocycles. The van der Waals surface area contributed by atoms with E-state index < -0.39 is 5.97 Å². The van der Waals surface area contributed by atoms with Gasteiger partial charge in [0.2, 0.25) is 0 Å². The molecule has 31 heavy (non-hydrogen) atoms. The Morgan fingerprint density at radius 2 is 2.23 bits per heavy atom. The van der Waals surface area contributed by atoms with Crippen LogP contribution in [0.5, 0.6) is 0 Å². The minimum Gasteiger partial charge on any atom is -0.481 e. The Kier molecular flexibility index (Phi) is 5.80. The highest BCUT2D eigenvalue weighted by atomic mass is 32.1. The number of rotatable bonds is 7. The maximum atomic E-state index is 10.7. The summed E-state index contributed by atoms with van der Waals surface area (Å²) < 4.78 is 3.05. The molecule has 156 valence electrons. The third-order valence-corrected chi connectivity index (χ3v) is 6.14. The highest BCUT2D eigenvalue weighted by molar-refractivity contribution is 7.18. The fourth-order valence-electron chi connectivity index (χ4n) is 3.54. The van der Waals surface area contributed by atoms with Crippen LogP contribution >= 0.6 is 11.3 Å². The number of imidazole rings is 1. The van der Waals surface area contributed by atoms with E-state index in [4.69, 9.17) is 16.1 Å². The first-order chi connectivity index (χ1) is 15.0. The van der Waals surface area contributed by atoms with Crippen molar-refractivity contribution in [1.82, 2.24) is 14.4 Å². The summed E-state index contributed by atoms with van der Waals surface area (Å²) in [5.74, 6) is -0.785. The Labute approximate surface area is 183 Å². The summed E-state index contributed by atoms with van der Waals surface area (Å²) in [6, 6.07) is 11.7. The maximum absolute atomic E-state index is 10.7. The number of nitriles is 1. The number of aromatic nitrogens is 3. The van der Waals surface area contributed by atoms with Crippen molar-refractivity contribution in [2.45, 2.75) is 32.2 Å². The molecule has 3 aromatic heterocycles. The second kappa shape index (κ2) is 8.68. The summed E-state index contributed by atoms with van der Waals surface area (Å²) in [5, 5.41) is 18.9. The molecule has 0 amide bonds. The third kappa shape index (κ3) is 4.33. The topological polar surface area (TPSA) is 117 Å². The van der Waals surface area contributed by atoms with Gasteiger partial charge in [0.05, 0.1) is 33.2 Å². The van der Waals surface area contributed by atoms with Crippen LogP contribution in [-0.4, -0.2) is 31.5 Å². The standard InChI is InChI=1S/C23H21N5O2S/c1-14(25)17(9-10-24)16-6-8-21-26-12-19(28(21)13-16)15-5-7-18-20(11-15)31-22(27-18)3-2-4-23(29)30/h5-9,11-14H,2-4,25H2,1H3,(H,29,30)/b17-9+. The van der Waals surface area contributed by atoms with Crippen LogP contribution in [0.15, 0.2) is 48.8 Å². The van der Waals surface area contributed by atoms with E-state index in [2.05, 4.69) is 22.1 Å². The lowest BCUT2D eigenvalue weighted by molar-refractivity contribution is -0.137. The number of hydrogen-bond donors (Lipinski definition) is 2. The van der Waals surface area contributed by atoms with Gasteiger partial charge in [-0.25, -0.2) is 9.97 Å². The van der Waals surface area contributed by atoms with Crippen LogP contribution in [-0.2, 0) is 11.2 Å². The maximum Gasteiger partial charge on any atom is 0.303 e. The summed E-state index contributed by atoms with van der Waals surface area (Å²) in [7, 11) is 0. The molecule has 7 nitrogen and oxygen atoms in total. The fraction of sp³-hybridized carbons (Fsp3) is 0.217. The number of thiazole rings is 1. The third-order valence-electron chi connectivity index (χ3n) is 5.06. The van der Waals surface area contributed by atoms with E-state index in [9.17, 15) is 4.79 Å². The Morgan fingerprint density at radius 1 is 1.39 bits per heavy atom. The number of carbonyl (C=O) groups is 1. The largest absolute Gasteiger partial charge is 0.481 e. The quantitative estimate of drug-likeness (QED) is 0.422. The Balaban J connectivity index is 1.71. The van der Waals surface area contributed by atoms with Gasteiger partial charge in [0.25, 0.3) is 0 Å². The molecular formula is C23H21N5O2S. The van der Waals surface area contributed by atoms with Crippen molar-refractivity contribution in [3.63, 3.8) is 0 Å². The summed E-state index contributed by atoms with van der Waals surface area (Å²) in [6.45, 7) is 1.86. The minimum absolute atomic E-state index is 0.148. The highest BCUT2D eigenvalue weighted by Gasteiger charge is 2.13. The zero-order valence-electron chi connectivity index (χ0n) is 16.9. The van der Waals surface area contributed by atoms with Crippen molar-refractivity contribution < 1.29 is 9.90 Å². The summed E-state index contributed by atoms with van der Waals surface area (Å²) >= 11 is 1.59. The number of pyridine rings is 1. The van der Waals surface area contributed by atoms with Gasteiger partial charge in [-0.1, -0.05) is 6.07 Å². The van der Waals surface area contributed by atoms with E-state index in [-0.39, 0.29) is 12.5 Å². The number of fused-ring (bicyclic) bond motifs is 2. The number of hydrogen-bond acceptors (Lipinski definition) is 6. The molecule has 0 aliphatic carbocycles. The van der Waals surface area contributed by atoms with Crippen LogP contribution in [0.25, 0.3) is 32.7 Å². The second-order valence-corrected chi connectivity index (χ2v) is 8.46. The number of aryl methyl sites for hydroxylation is 1. The van der Waals surface area contributed by atoms with Gasteiger partial charge >= 0.3 is 5.97 Å². The van der Waals surface area contributed by atoms with E-state index >= 15 is 0 Å². The van der Waals surface area contributed by atoms with Gasteiger partial charge in [0.1, 0.15) is 5.65 Å². The summed E-state index contributed by atoms with van der Waals surface area (Å²) in [5.41, 5.74) is 11.4. The van der Waals surface area contributed by atoms with E-state index in [1.54, 1.807) is 11.3 Å². The zero-order valence-corrected chi connectivity index (χ0v) is 17.8. The van der Waals surface area contributed by atoms with Crippen molar-refractivity contribution >= 4 is 38.7 Å². The van der Waals surface area contributed by atoms with Gasteiger partial charge in [-0.05, 0) is 55.2 Å². The Hall–Kier alpha value is -3.54. The number of nitrogens with two attached hydrogens (primary N) is 1. The molecule has 3 N–H and O–H groups in total. The molecule has 1 aromatic carbocycles. The van der Waals surface area contributed by atoms with Gasteiger partial charge in [0, 0.05) is 30.3 Å². The Morgan fingerprint density at radius 3 is 2.97 bits per heavy atom. The highest BCUT2D eigenvalue weighted by Crippen LogP contribution is 2.30. The first-order valence-corrected chi connectivity index (χ1v) is 10.7. The monoisotopic (exact) mass is 431 g/mol. The second-order valence-electron chi connectivity index (χ2n) is 7.34. The summed E-state index contributed by atoms with van der Waals surface area (Å²) in [6.07, 6.45) is 6.65. The number of nitrogens with zero attached hydrogens (tertiary/aromatic N) is 4. The number of carboxylic acids is 1. The van der Waals surface area contributed by atoms with Crippen molar-refractivity contribution in [2.24, 2.45) is 5.73 Å². The van der Waals surface area contributed by atoms with Crippen molar-refractivity contribution in [1.29, 1.82) is 5.26 Å². The molecule has 1 unspecified atom stereocenters. The predicted molar refractivity (Wildman–Crippen MR) is 122 cm³/mol. The van der Waals surface area contributed by atoms with Crippen LogP contribution in [0.3, 0.4) is 0 Å². The van der Waals surface area contributed by atoms with Gasteiger partial charge in [-0.3, -0.25) is 9.20 Å². The van der Waals surface area contributed by atoms with Crippen LogP contribution in [0, 0.1) is 11.3 Å². The van der Waals surface area contributed by atoms with Gasteiger partial charge in [0.15, 0.2) is 0 Å². The lowest BCUT2D eigenvalue weighted by Gasteiger charge is -2.11. The molecular weight excluding hydrogens is 410 g/mol. The van der Waals surface area contributed by atoms with Crippen LogP contribution in [0.1, 0.15) is 30.3 Å². The average molecular weight is 432 g/mol. The van der Waals surface area contributed by atoms with Crippen LogP contribution in [0.2, 0.25) is 0 Å². The normalized spacial score (nSPS) is 12.9. The SMILES string of the molecule is CC(N)/C(=C\C#N)c1ccc2ncc(-c3ccc4nc(CCCC(=O)O)sc4c3)n2c1. The van der Waals surface area contributed by atoms with Gasteiger partial charge in [-0.15, -0.1) is 11.3 Å². The molecule has 0 bridgehead atoms.